The fourth-order valence-electron chi connectivity index (χ4n) is 7.70. The molecule has 0 unspecified atom stereocenters. The molecule has 0 amide bonds. The van der Waals surface area contributed by atoms with Gasteiger partial charge in [0.1, 0.15) is 0 Å². The molecule has 10 rings (SSSR count). The summed E-state index contributed by atoms with van der Waals surface area (Å²) in [6.07, 6.45) is -9.49. The first-order chi connectivity index (χ1) is 30.5. The zero-order valence-electron chi connectivity index (χ0n) is 32.8. The third-order valence-electron chi connectivity index (χ3n) is 10.7. The van der Waals surface area contributed by atoms with Gasteiger partial charge in [0, 0.05) is 44.2 Å². The van der Waals surface area contributed by atoms with Crippen LogP contribution >= 0.6 is 0 Å². The van der Waals surface area contributed by atoms with E-state index in [4.69, 9.17) is 24.9 Å². The van der Waals surface area contributed by atoms with E-state index in [-0.39, 0.29) is 28.4 Å². The van der Waals surface area contributed by atoms with Crippen LogP contribution in [0.1, 0.15) is 11.1 Å². The molecular weight excluding hydrogens is 811 g/mol. The SMILES string of the molecule is FC(F)(F)c1ccc2c3ccc(C(F)(F)F)cc3n(-c3ccc(-c4nc(-c5ccccc5)nc(-c5ccccc5)n4)cc3-c3nc(-c4ccccc4)cc(-c4ccccc4)n3)c2c1. The number of hydrogen-bond donors (Lipinski definition) is 0. The lowest BCUT2D eigenvalue weighted by molar-refractivity contribution is -0.138. The fourth-order valence-corrected chi connectivity index (χ4v) is 7.70. The van der Waals surface area contributed by atoms with Gasteiger partial charge in [-0.1, -0.05) is 133 Å². The van der Waals surface area contributed by atoms with E-state index in [1.165, 1.54) is 16.7 Å². The van der Waals surface area contributed by atoms with E-state index in [1.807, 2.05) is 127 Å². The number of fused-ring (bicyclic) bond motifs is 3. The highest BCUT2D eigenvalue weighted by Crippen LogP contribution is 2.42. The molecule has 0 radical (unpaired) electrons. The Morgan fingerprint density at radius 1 is 0.333 bits per heavy atom. The fraction of sp³-hybridized carbons (Fsp3) is 0.0392. The van der Waals surface area contributed by atoms with Gasteiger partial charge in [-0.15, -0.1) is 0 Å². The van der Waals surface area contributed by atoms with Crippen LogP contribution < -0.4 is 0 Å². The van der Waals surface area contributed by atoms with Crippen LogP contribution in [-0.2, 0) is 12.4 Å². The standard InChI is InChI=1S/C51H30F6N6/c52-50(53,54)36-22-24-38-39-25-23-37(51(55,56)57)29-45(39)63(44(38)28-36)43-26-21-35(48-61-46(33-17-9-3-10-18-33)60-47(62-48)34-19-11-4-12-20-34)27-40(43)49-58-41(31-13-5-1-6-14-31)30-42(59-49)32-15-7-2-8-16-32/h1-30H. The largest absolute Gasteiger partial charge is 0.416 e. The normalized spacial score (nSPS) is 12.0. The first-order valence-corrected chi connectivity index (χ1v) is 19.7. The van der Waals surface area contributed by atoms with E-state index in [2.05, 4.69) is 0 Å². The van der Waals surface area contributed by atoms with Crippen LogP contribution in [0.15, 0.2) is 182 Å². The molecule has 6 nitrogen and oxygen atoms in total. The number of nitrogens with zero attached hydrogens (tertiary/aromatic N) is 6. The molecule has 0 saturated heterocycles. The van der Waals surface area contributed by atoms with Crippen molar-refractivity contribution in [3.8, 4) is 73.8 Å². The minimum Gasteiger partial charge on any atom is -0.308 e. The molecule has 0 aliphatic rings. The van der Waals surface area contributed by atoms with Crippen molar-refractivity contribution in [2.75, 3.05) is 0 Å². The molecule has 0 fully saturated rings. The maximum Gasteiger partial charge on any atom is 0.416 e. The predicted molar refractivity (Wildman–Crippen MR) is 232 cm³/mol. The van der Waals surface area contributed by atoms with Crippen molar-refractivity contribution in [1.82, 2.24) is 29.5 Å². The molecule has 10 aromatic rings. The molecule has 0 saturated carbocycles. The van der Waals surface area contributed by atoms with Gasteiger partial charge >= 0.3 is 12.4 Å². The molecule has 3 aromatic heterocycles. The number of halogens is 6. The van der Waals surface area contributed by atoms with E-state index in [1.54, 1.807) is 18.2 Å². The van der Waals surface area contributed by atoms with Gasteiger partial charge in [0.25, 0.3) is 0 Å². The average Bonchev–Trinajstić information content (AvgIpc) is 3.64. The Morgan fingerprint density at radius 2 is 0.730 bits per heavy atom. The van der Waals surface area contributed by atoms with Gasteiger partial charge in [-0.25, -0.2) is 24.9 Å². The monoisotopic (exact) mass is 840 g/mol. The third-order valence-corrected chi connectivity index (χ3v) is 10.7. The van der Waals surface area contributed by atoms with Crippen LogP contribution in [0, 0.1) is 0 Å². The Labute approximate surface area is 355 Å². The number of alkyl halides is 6. The molecule has 3 heterocycles. The molecule has 63 heavy (non-hydrogen) atoms. The lowest BCUT2D eigenvalue weighted by Gasteiger charge is -2.17. The van der Waals surface area contributed by atoms with Gasteiger partial charge in [0.05, 0.1) is 39.2 Å². The van der Waals surface area contributed by atoms with Crippen molar-refractivity contribution in [3.05, 3.63) is 193 Å². The predicted octanol–water partition coefficient (Wildman–Crippen LogP) is 13.8. The first kappa shape index (κ1) is 39.2. The van der Waals surface area contributed by atoms with E-state index in [0.717, 1.165) is 46.5 Å². The minimum atomic E-state index is -4.75. The quantitative estimate of drug-likeness (QED) is 0.150. The van der Waals surface area contributed by atoms with E-state index in [0.29, 0.717) is 44.9 Å². The van der Waals surface area contributed by atoms with Crippen molar-refractivity contribution in [2.45, 2.75) is 12.4 Å². The molecule has 306 valence electrons. The molecule has 0 atom stereocenters. The Kier molecular flexibility index (Phi) is 9.62. The first-order valence-electron chi connectivity index (χ1n) is 19.7. The van der Waals surface area contributed by atoms with Crippen LogP contribution in [0.25, 0.3) is 95.6 Å². The summed E-state index contributed by atoms with van der Waals surface area (Å²) in [4.78, 5) is 24.8. The van der Waals surface area contributed by atoms with E-state index >= 15 is 0 Å². The van der Waals surface area contributed by atoms with Crippen molar-refractivity contribution >= 4 is 21.8 Å². The Morgan fingerprint density at radius 3 is 1.14 bits per heavy atom. The van der Waals surface area contributed by atoms with Gasteiger partial charge in [0.2, 0.25) is 0 Å². The van der Waals surface area contributed by atoms with Gasteiger partial charge in [-0.05, 0) is 48.5 Å². The summed E-state index contributed by atoms with van der Waals surface area (Å²) >= 11 is 0. The summed E-state index contributed by atoms with van der Waals surface area (Å²) in [6, 6.07) is 50.8. The molecule has 0 aliphatic carbocycles. The van der Waals surface area contributed by atoms with Crippen molar-refractivity contribution in [3.63, 3.8) is 0 Å². The molecule has 12 heteroatoms. The second-order valence-electron chi connectivity index (χ2n) is 14.8. The summed E-state index contributed by atoms with van der Waals surface area (Å²) in [7, 11) is 0. The number of aromatic nitrogens is 6. The molecular formula is C51H30F6N6. The second kappa shape index (κ2) is 15.5. The van der Waals surface area contributed by atoms with E-state index in [9.17, 15) is 26.3 Å². The zero-order chi connectivity index (χ0) is 43.3. The van der Waals surface area contributed by atoms with Crippen molar-refractivity contribution in [1.29, 1.82) is 0 Å². The third kappa shape index (κ3) is 7.56. The average molecular weight is 841 g/mol. The maximum absolute atomic E-state index is 14.4. The molecule has 7 aromatic carbocycles. The zero-order valence-corrected chi connectivity index (χ0v) is 32.8. The van der Waals surface area contributed by atoms with Gasteiger partial charge in [0.15, 0.2) is 23.3 Å². The summed E-state index contributed by atoms with van der Waals surface area (Å²) in [5.41, 5.74) is 3.18. The highest BCUT2D eigenvalue weighted by molar-refractivity contribution is 6.10. The highest BCUT2D eigenvalue weighted by Gasteiger charge is 2.34. The Hall–Kier alpha value is -7.99. The lowest BCUT2D eigenvalue weighted by atomic mass is 10.0. The summed E-state index contributed by atoms with van der Waals surface area (Å²) in [6.45, 7) is 0. The maximum atomic E-state index is 14.4. The van der Waals surface area contributed by atoms with Crippen LogP contribution in [-0.4, -0.2) is 29.5 Å². The van der Waals surface area contributed by atoms with Gasteiger partial charge in [-0.2, -0.15) is 26.3 Å². The van der Waals surface area contributed by atoms with Crippen molar-refractivity contribution < 1.29 is 26.3 Å². The summed E-state index contributed by atoms with van der Waals surface area (Å²) < 4.78 is 88.0. The topological polar surface area (TPSA) is 69.4 Å². The Balaban J connectivity index is 1.31. The van der Waals surface area contributed by atoms with E-state index < -0.39 is 23.5 Å². The van der Waals surface area contributed by atoms with Crippen LogP contribution in [0.3, 0.4) is 0 Å². The smallest absolute Gasteiger partial charge is 0.308 e. The van der Waals surface area contributed by atoms with Gasteiger partial charge < -0.3 is 4.57 Å². The molecule has 0 aliphatic heterocycles. The van der Waals surface area contributed by atoms with Gasteiger partial charge in [-0.3, -0.25) is 0 Å². The van der Waals surface area contributed by atoms with Crippen molar-refractivity contribution in [2.24, 2.45) is 0 Å². The highest BCUT2D eigenvalue weighted by atomic mass is 19.4. The lowest BCUT2D eigenvalue weighted by Crippen LogP contribution is -2.07. The summed E-state index contributed by atoms with van der Waals surface area (Å²) in [5.74, 6) is 1.20. The molecule has 0 spiro atoms. The molecule has 0 N–H and O–H groups in total. The molecule has 0 bridgehead atoms. The number of rotatable bonds is 7. The minimum absolute atomic E-state index is 0.0357. The number of hydrogen-bond acceptors (Lipinski definition) is 5. The Bertz CT molecular complexity index is 3110. The number of benzene rings is 7. The summed E-state index contributed by atoms with van der Waals surface area (Å²) in [5, 5.41) is 0.645. The van der Waals surface area contributed by atoms with Crippen LogP contribution in [0.2, 0.25) is 0 Å². The van der Waals surface area contributed by atoms with Crippen LogP contribution in [0.4, 0.5) is 26.3 Å². The van der Waals surface area contributed by atoms with Crippen LogP contribution in [0.5, 0.6) is 0 Å². The second-order valence-corrected chi connectivity index (χ2v) is 14.8.